The van der Waals surface area contributed by atoms with Crippen LogP contribution in [0.5, 0.6) is 0 Å². The molecule has 0 atom stereocenters. The molecule has 1 aromatic rings. The fourth-order valence-electron chi connectivity index (χ4n) is 1.32. The number of amides is 1. The van der Waals surface area contributed by atoms with Crippen LogP contribution in [0.15, 0.2) is 12.1 Å². The fourth-order valence-corrected chi connectivity index (χ4v) is 3.08. The van der Waals surface area contributed by atoms with Crippen molar-refractivity contribution in [2.75, 3.05) is 6.54 Å². The van der Waals surface area contributed by atoms with Crippen LogP contribution < -0.4 is 11.1 Å². The van der Waals surface area contributed by atoms with Crippen molar-refractivity contribution in [3.05, 3.63) is 19.9 Å². The smallest absolute Gasteiger partial charge is 0.240 e. The van der Waals surface area contributed by atoms with Crippen molar-refractivity contribution < 1.29 is 4.79 Å². The molecule has 0 bridgehead atoms. The Kier molecular flexibility index (Phi) is 3.32. The lowest BCUT2D eigenvalue weighted by atomic mass is 10.2. The van der Waals surface area contributed by atoms with Crippen molar-refractivity contribution in [1.29, 1.82) is 0 Å². The lowest BCUT2D eigenvalue weighted by Gasteiger charge is -2.08. The quantitative estimate of drug-likeness (QED) is 0.819. The Morgan fingerprint density at radius 3 is 2.87 bits per heavy atom. The summed E-state index contributed by atoms with van der Waals surface area (Å²) in [6.07, 6.45) is 2.56. The second kappa shape index (κ2) is 4.39. The first-order chi connectivity index (χ1) is 7.10. The van der Waals surface area contributed by atoms with Crippen LogP contribution in [0.3, 0.4) is 0 Å². The third kappa shape index (κ3) is 2.92. The number of carbonyl (C=O) groups is 1. The van der Waals surface area contributed by atoms with Crippen molar-refractivity contribution in [2.45, 2.75) is 24.8 Å². The largest absolute Gasteiger partial charge is 0.354 e. The Morgan fingerprint density at radius 2 is 2.33 bits per heavy atom. The Labute approximate surface area is 107 Å². The monoisotopic (exact) mass is 336 g/mol. The fraction of sp³-hybridized carbons (Fsp3) is 0.500. The molecule has 1 heterocycles. The van der Waals surface area contributed by atoms with Gasteiger partial charge in [-0.15, -0.1) is 11.3 Å². The molecule has 1 aliphatic carbocycles. The van der Waals surface area contributed by atoms with Gasteiger partial charge in [0, 0.05) is 11.4 Å². The molecule has 5 heteroatoms. The predicted octanol–water partition coefficient (Wildman–Crippen LogP) is 1.50. The minimum absolute atomic E-state index is 0.00810. The molecule has 2 rings (SSSR count). The number of hydrogen-bond donors (Lipinski definition) is 2. The van der Waals surface area contributed by atoms with Gasteiger partial charge in [-0.05, 0) is 54.0 Å². The summed E-state index contributed by atoms with van der Waals surface area (Å²) in [5, 5.41) is 2.88. The first-order valence-corrected chi connectivity index (χ1v) is 6.81. The van der Waals surface area contributed by atoms with Crippen molar-refractivity contribution in [3.63, 3.8) is 0 Å². The molecule has 0 spiro atoms. The minimum atomic E-state index is -0.538. The van der Waals surface area contributed by atoms with Gasteiger partial charge in [-0.2, -0.15) is 0 Å². The summed E-state index contributed by atoms with van der Waals surface area (Å²) in [4.78, 5) is 12.8. The van der Waals surface area contributed by atoms with E-state index in [4.69, 9.17) is 5.73 Å². The second-order valence-electron chi connectivity index (χ2n) is 3.87. The highest BCUT2D eigenvalue weighted by Gasteiger charge is 2.45. The summed E-state index contributed by atoms with van der Waals surface area (Å²) in [6.45, 7) is 0.689. The number of nitrogens with two attached hydrogens (primary N) is 1. The average Bonchev–Trinajstić information content (AvgIpc) is 2.81. The molecule has 15 heavy (non-hydrogen) atoms. The first-order valence-electron chi connectivity index (χ1n) is 4.91. The normalized spacial score (nSPS) is 17.5. The molecule has 1 amide bonds. The van der Waals surface area contributed by atoms with E-state index in [9.17, 15) is 4.79 Å². The molecule has 0 radical (unpaired) electrons. The Bertz CT molecular complexity index is 373. The van der Waals surface area contributed by atoms with E-state index < -0.39 is 5.54 Å². The molecule has 3 nitrogen and oxygen atoms in total. The molecule has 1 aliphatic rings. The second-order valence-corrected chi connectivity index (χ2v) is 6.93. The molecule has 0 saturated heterocycles. The molecule has 1 saturated carbocycles. The molecule has 0 unspecified atom stereocenters. The zero-order chi connectivity index (χ0) is 10.9. The summed E-state index contributed by atoms with van der Waals surface area (Å²) in [5.74, 6) is 0.00810. The van der Waals surface area contributed by atoms with Gasteiger partial charge < -0.3 is 11.1 Å². The summed E-state index contributed by atoms with van der Waals surface area (Å²) in [6, 6.07) is 4.20. The van der Waals surface area contributed by atoms with Gasteiger partial charge in [0.1, 0.15) is 0 Å². The van der Waals surface area contributed by atoms with Crippen LogP contribution in [0.1, 0.15) is 17.7 Å². The highest BCUT2D eigenvalue weighted by atomic mass is 127. The Morgan fingerprint density at radius 1 is 1.60 bits per heavy atom. The van der Waals surface area contributed by atoms with Crippen molar-refractivity contribution in [2.24, 2.45) is 5.73 Å². The summed E-state index contributed by atoms with van der Waals surface area (Å²) >= 11 is 4.07. The maximum absolute atomic E-state index is 11.5. The van der Waals surface area contributed by atoms with E-state index in [2.05, 4.69) is 40.0 Å². The number of hydrogen-bond acceptors (Lipinski definition) is 3. The van der Waals surface area contributed by atoms with E-state index in [1.165, 1.54) is 7.76 Å². The Hall–Kier alpha value is -0.140. The van der Waals surface area contributed by atoms with Crippen molar-refractivity contribution in [1.82, 2.24) is 5.32 Å². The zero-order valence-corrected chi connectivity index (χ0v) is 11.2. The van der Waals surface area contributed by atoms with E-state index in [0.717, 1.165) is 19.3 Å². The lowest BCUT2D eigenvalue weighted by molar-refractivity contribution is -0.123. The lowest BCUT2D eigenvalue weighted by Crippen LogP contribution is -2.43. The van der Waals surface area contributed by atoms with Gasteiger partial charge in [-0.25, -0.2) is 0 Å². The van der Waals surface area contributed by atoms with Crippen LogP contribution >= 0.6 is 33.9 Å². The zero-order valence-electron chi connectivity index (χ0n) is 8.25. The number of nitrogens with one attached hydrogen (secondary N) is 1. The van der Waals surface area contributed by atoms with Gasteiger partial charge in [0.25, 0.3) is 0 Å². The van der Waals surface area contributed by atoms with E-state index in [1.807, 2.05) is 0 Å². The van der Waals surface area contributed by atoms with Crippen LogP contribution in [0, 0.1) is 2.88 Å². The van der Waals surface area contributed by atoms with Gasteiger partial charge >= 0.3 is 0 Å². The number of thiophene rings is 1. The Balaban J connectivity index is 1.73. The van der Waals surface area contributed by atoms with Gasteiger partial charge in [-0.1, -0.05) is 0 Å². The van der Waals surface area contributed by atoms with Crippen LogP contribution in [0.25, 0.3) is 0 Å². The molecule has 0 aliphatic heterocycles. The summed E-state index contributed by atoms with van der Waals surface area (Å²) < 4.78 is 1.28. The standard InChI is InChI=1S/C10H13IN2OS/c11-8-2-1-7(15-8)3-6-13-9(14)10(12)4-5-10/h1-2H,3-6,12H2,(H,13,14). The topological polar surface area (TPSA) is 55.1 Å². The summed E-state index contributed by atoms with van der Waals surface area (Å²) in [7, 11) is 0. The molecule has 1 aromatic heterocycles. The van der Waals surface area contributed by atoms with E-state index >= 15 is 0 Å². The molecule has 82 valence electrons. The van der Waals surface area contributed by atoms with Crippen LogP contribution in [0.2, 0.25) is 0 Å². The first kappa shape index (κ1) is 11.3. The number of carbonyl (C=O) groups excluding carboxylic acids is 1. The van der Waals surface area contributed by atoms with Crippen molar-refractivity contribution in [3.8, 4) is 0 Å². The SMILES string of the molecule is NC1(C(=O)NCCc2ccc(I)s2)CC1. The molecule has 3 N–H and O–H groups in total. The van der Waals surface area contributed by atoms with Gasteiger partial charge in [-0.3, -0.25) is 4.79 Å². The maximum Gasteiger partial charge on any atom is 0.240 e. The van der Waals surface area contributed by atoms with Gasteiger partial charge in [0.05, 0.1) is 8.42 Å². The number of rotatable bonds is 4. The number of halogens is 1. The molecular weight excluding hydrogens is 323 g/mol. The molecule has 1 fully saturated rings. The van der Waals surface area contributed by atoms with Gasteiger partial charge in [0.2, 0.25) is 5.91 Å². The van der Waals surface area contributed by atoms with Gasteiger partial charge in [0.15, 0.2) is 0 Å². The highest BCUT2D eigenvalue weighted by Crippen LogP contribution is 2.32. The third-order valence-electron chi connectivity index (χ3n) is 2.53. The van der Waals surface area contributed by atoms with E-state index in [1.54, 1.807) is 11.3 Å². The van der Waals surface area contributed by atoms with E-state index in [0.29, 0.717) is 6.54 Å². The highest BCUT2D eigenvalue weighted by molar-refractivity contribution is 14.1. The summed E-state index contributed by atoms with van der Waals surface area (Å²) in [5.41, 5.74) is 5.23. The maximum atomic E-state index is 11.5. The van der Waals surface area contributed by atoms with Crippen LogP contribution in [-0.4, -0.2) is 18.0 Å². The predicted molar refractivity (Wildman–Crippen MR) is 69.9 cm³/mol. The van der Waals surface area contributed by atoms with Crippen LogP contribution in [-0.2, 0) is 11.2 Å². The van der Waals surface area contributed by atoms with Crippen molar-refractivity contribution >= 4 is 39.8 Å². The third-order valence-corrected chi connectivity index (χ3v) is 4.48. The van der Waals surface area contributed by atoms with Crippen LogP contribution in [0.4, 0.5) is 0 Å². The molecule has 0 aromatic carbocycles. The average molecular weight is 336 g/mol. The van der Waals surface area contributed by atoms with E-state index in [-0.39, 0.29) is 5.91 Å². The minimum Gasteiger partial charge on any atom is -0.354 e. The molecular formula is C10H13IN2OS.